The lowest BCUT2D eigenvalue weighted by atomic mass is 10.1. The van der Waals surface area contributed by atoms with Gasteiger partial charge in [-0.3, -0.25) is 4.79 Å². The van der Waals surface area contributed by atoms with Crippen molar-refractivity contribution in [1.82, 2.24) is 10.1 Å². The normalized spacial score (nSPS) is 18.4. The minimum atomic E-state index is 0.240. The molecule has 1 saturated heterocycles. The lowest BCUT2D eigenvalue weighted by Crippen LogP contribution is -2.30. The first kappa shape index (κ1) is 14.3. The van der Waals surface area contributed by atoms with Crippen LogP contribution in [0.15, 0.2) is 21.3 Å². The van der Waals surface area contributed by atoms with Crippen LogP contribution < -0.4 is 0 Å². The van der Waals surface area contributed by atoms with Crippen molar-refractivity contribution < 1.29 is 9.32 Å². The van der Waals surface area contributed by atoms with Gasteiger partial charge in [0.1, 0.15) is 5.76 Å². The Kier molecular flexibility index (Phi) is 4.10. The van der Waals surface area contributed by atoms with E-state index in [-0.39, 0.29) is 11.9 Å². The quantitative estimate of drug-likeness (QED) is 0.866. The largest absolute Gasteiger partial charge is 0.361 e. The number of hydrogen-bond acceptors (Lipinski definition) is 4. The molecule has 0 radical (unpaired) electrons. The maximum atomic E-state index is 12.5. The Morgan fingerprint density at radius 2 is 2.38 bits per heavy atom. The molecule has 1 aliphatic rings. The maximum Gasteiger partial charge on any atom is 0.223 e. The molecule has 2 aromatic rings. The number of aryl methyl sites for hydroxylation is 2. The van der Waals surface area contributed by atoms with Gasteiger partial charge >= 0.3 is 0 Å². The van der Waals surface area contributed by atoms with Gasteiger partial charge in [-0.1, -0.05) is 5.16 Å². The summed E-state index contributed by atoms with van der Waals surface area (Å²) in [4.78, 5) is 14.6. The molecule has 1 amide bonds. The Balaban J connectivity index is 1.65. The van der Waals surface area contributed by atoms with Crippen molar-refractivity contribution in [2.75, 3.05) is 6.54 Å². The Hall–Kier alpha value is -1.62. The predicted molar refractivity (Wildman–Crippen MR) is 82.3 cm³/mol. The van der Waals surface area contributed by atoms with E-state index in [0.717, 1.165) is 36.4 Å². The van der Waals surface area contributed by atoms with E-state index in [1.54, 1.807) is 11.3 Å². The first-order valence-corrected chi connectivity index (χ1v) is 8.34. The first-order chi connectivity index (χ1) is 10.2. The zero-order valence-corrected chi connectivity index (χ0v) is 13.3. The van der Waals surface area contributed by atoms with E-state index < -0.39 is 0 Å². The summed E-state index contributed by atoms with van der Waals surface area (Å²) in [6, 6.07) is 2.41. The number of carbonyl (C=O) groups excluding carboxylic acids is 1. The number of likely N-dealkylation sites (tertiary alicyclic amines) is 1. The van der Waals surface area contributed by atoms with Crippen LogP contribution >= 0.6 is 11.3 Å². The van der Waals surface area contributed by atoms with Gasteiger partial charge in [0, 0.05) is 18.5 Å². The van der Waals surface area contributed by atoms with E-state index >= 15 is 0 Å². The molecule has 0 aliphatic carbocycles. The molecule has 4 nitrogen and oxygen atoms in total. The maximum absolute atomic E-state index is 12.5. The molecule has 1 fully saturated rings. The van der Waals surface area contributed by atoms with Crippen LogP contribution in [0.2, 0.25) is 0 Å². The van der Waals surface area contributed by atoms with Crippen LogP contribution in [-0.4, -0.2) is 22.5 Å². The fourth-order valence-corrected chi connectivity index (χ4v) is 3.82. The molecule has 0 bridgehead atoms. The van der Waals surface area contributed by atoms with Gasteiger partial charge in [-0.25, -0.2) is 0 Å². The molecular formula is C16H20N2O2S. The summed E-state index contributed by atoms with van der Waals surface area (Å²) in [5.74, 6) is 1.07. The highest BCUT2D eigenvalue weighted by Gasteiger charge is 2.30. The van der Waals surface area contributed by atoms with E-state index in [1.165, 1.54) is 5.56 Å². The van der Waals surface area contributed by atoms with Gasteiger partial charge < -0.3 is 9.42 Å². The van der Waals surface area contributed by atoms with E-state index in [1.807, 2.05) is 18.7 Å². The number of aromatic nitrogens is 1. The van der Waals surface area contributed by atoms with Crippen molar-refractivity contribution in [3.63, 3.8) is 0 Å². The number of carbonyl (C=O) groups is 1. The van der Waals surface area contributed by atoms with Gasteiger partial charge in [0.2, 0.25) is 5.91 Å². The van der Waals surface area contributed by atoms with Crippen molar-refractivity contribution in [3.05, 3.63) is 39.4 Å². The van der Waals surface area contributed by atoms with Crippen LogP contribution in [0, 0.1) is 13.8 Å². The Morgan fingerprint density at radius 3 is 3.05 bits per heavy atom. The highest BCUT2D eigenvalue weighted by Crippen LogP contribution is 2.33. The zero-order chi connectivity index (χ0) is 14.8. The summed E-state index contributed by atoms with van der Waals surface area (Å²) in [6.45, 7) is 4.71. The van der Waals surface area contributed by atoms with Gasteiger partial charge in [-0.15, -0.1) is 0 Å². The Labute approximate surface area is 128 Å². The molecule has 0 unspecified atom stereocenters. The molecular weight excluding hydrogens is 284 g/mol. The number of rotatable bonds is 4. The summed E-state index contributed by atoms with van der Waals surface area (Å²) in [7, 11) is 0. The second-order valence-electron chi connectivity index (χ2n) is 5.60. The summed E-state index contributed by atoms with van der Waals surface area (Å²) in [6.07, 6.45) is 3.42. The van der Waals surface area contributed by atoms with Crippen molar-refractivity contribution in [1.29, 1.82) is 0 Å². The van der Waals surface area contributed by atoms with Crippen LogP contribution in [0.4, 0.5) is 0 Å². The van der Waals surface area contributed by atoms with E-state index in [0.29, 0.717) is 12.8 Å². The Bertz CT molecular complexity index is 599. The smallest absolute Gasteiger partial charge is 0.223 e. The first-order valence-electron chi connectivity index (χ1n) is 7.40. The van der Waals surface area contributed by atoms with Crippen LogP contribution in [0.5, 0.6) is 0 Å². The summed E-state index contributed by atoms with van der Waals surface area (Å²) in [5, 5.41) is 8.19. The third kappa shape index (κ3) is 2.88. The summed E-state index contributed by atoms with van der Waals surface area (Å²) in [5.41, 5.74) is 3.26. The molecule has 21 heavy (non-hydrogen) atoms. The number of thiophene rings is 1. The molecule has 0 spiro atoms. The average Bonchev–Trinajstić information content (AvgIpc) is 3.18. The van der Waals surface area contributed by atoms with Gasteiger partial charge in [0.15, 0.2) is 0 Å². The third-order valence-corrected chi connectivity index (χ3v) is 4.97. The van der Waals surface area contributed by atoms with Crippen molar-refractivity contribution in [2.45, 2.75) is 45.6 Å². The number of hydrogen-bond donors (Lipinski definition) is 0. The van der Waals surface area contributed by atoms with E-state index in [2.05, 4.69) is 22.0 Å². The summed E-state index contributed by atoms with van der Waals surface area (Å²) < 4.78 is 5.16. The average molecular weight is 304 g/mol. The van der Waals surface area contributed by atoms with Gasteiger partial charge in [0.05, 0.1) is 11.7 Å². The number of amides is 1. The molecule has 5 heteroatoms. The molecule has 0 N–H and O–H groups in total. The molecule has 112 valence electrons. The van der Waals surface area contributed by atoms with Crippen LogP contribution in [0.1, 0.15) is 47.9 Å². The molecule has 0 saturated carbocycles. The van der Waals surface area contributed by atoms with Gasteiger partial charge in [0.25, 0.3) is 0 Å². The lowest BCUT2D eigenvalue weighted by molar-refractivity contribution is -0.132. The molecule has 1 aliphatic heterocycles. The minimum Gasteiger partial charge on any atom is -0.361 e. The summed E-state index contributed by atoms with van der Waals surface area (Å²) >= 11 is 1.70. The highest BCUT2D eigenvalue weighted by atomic mass is 32.1. The minimum absolute atomic E-state index is 0.240. The van der Waals surface area contributed by atoms with Crippen molar-refractivity contribution >= 4 is 17.2 Å². The third-order valence-electron chi connectivity index (χ3n) is 4.27. The van der Waals surface area contributed by atoms with Crippen LogP contribution in [0.25, 0.3) is 0 Å². The van der Waals surface area contributed by atoms with Gasteiger partial charge in [-0.2, -0.15) is 11.3 Å². The second kappa shape index (κ2) is 6.02. The molecule has 0 aromatic carbocycles. The SMILES string of the molecule is Cc1noc(C)c1CCC(=O)N1CCC[C@@H]1c1ccsc1. The van der Waals surface area contributed by atoms with Crippen molar-refractivity contribution in [2.24, 2.45) is 0 Å². The van der Waals surface area contributed by atoms with E-state index in [9.17, 15) is 4.79 Å². The molecule has 3 heterocycles. The van der Waals surface area contributed by atoms with Crippen molar-refractivity contribution in [3.8, 4) is 0 Å². The monoisotopic (exact) mass is 304 g/mol. The number of nitrogens with zero attached hydrogens (tertiary/aromatic N) is 2. The molecule has 2 aromatic heterocycles. The van der Waals surface area contributed by atoms with Crippen LogP contribution in [0.3, 0.4) is 0 Å². The standard InChI is InChI=1S/C16H20N2O2S/c1-11-14(12(2)20-17-11)5-6-16(19)18-8-3-4-15(18)13-7-9-21-10-13/h7,9-10,15H,3-6,8H2,1-2H3/t15-/m1/s1. The highest BCUT2D eigenvalue weighted by molar-refractivity contribution is 7.07. The topological polar surface area (TPSA) is 46.3 Å². The lowest BCUT2D eigenvalue weighted by Gasteiger charge is -2.24. The molecule has 1 atom stereocenters. The Morgan fingerprint density at radius 1 is 1.52 bits per heavy atom. The second-order valence-corrected chi connectivity index (χ2v) is 6.38. The van der Waals surface area contributed by atoms with Crippen LogP contribution in [-0.2, 0) is 11.2 Å². The predicted octanol–water partition coefficient (Wildman–Crippen LogP) is 3.65. The fourth-order valence-electron chi connectivity index (χ4n) is 3.11. The zero-order valence-electron chi connectivity index (χ0n) is 12.5. The van der Waals surface area contributed by atoms with E-state index in [4.69, 9.17) is 4.52 Å². The molecule has 3 rings (SSSR count). The fraction of sp³-hybridized carbons (Fsp3) is 0.500. The van der Waals surface area contributed by atoms with Gasteiger partial charge in [-0.05, 0) is 55.5 Å².